The van der Waals surface area contributed by atoms with Crippen LogP contribution in [0.5, 0.6) is 0 Å². The molecule has 0 radical (unpaired) electrons. The lowest BCUT2D eigenvalue weighted by atomic mass is 9.87. The van der Waals surface area contributed by atoms with Crippen molar-refractivity contribution in [3.05, 3.63) is 58.9 Å². The van der Waals surface area contributed by atoms with Crippen LogP contribution in [0.25, 0.3) is 16.6 Å². The number of fused-ring (bicyclic) bond motifs is 2. The number of aromatic nitrogens is 1. The molecule has 1 aromatic heterocycles. The number of allylic oxidation sites excluding steroid dienone is 1. The van der Waals surface area contributed by atoms with Gasteiger partial charge >= 0.3 is 0 Å². The van der Waals surface area contributed by atoms with Gasteiger partial charge in [-0.2, -0.15) is 5.26 Å². The summed E-state index contributed by atoms with van der Waals surface area (Å²) in [5.74, 6) is 0.0382. The Kier molecular flexibility index (Phi) is 8.21. The van der Waals surface area contributed by atoms with Gasteiger partial charge in [0.15, 0.2) is 0 Å². The van der Waals surface area contributed by atoms with Crippen molar-refractivity contribution >= 4 is 28.2 Å². The summed E-state index contributed by atoms with van der Waals surface area (Å²) in [7, 11) is 0. The van der Waals surface area contributed by atoms with Gasteiger partial charge in [-0.1, -0.05) is 63.6 Å². The Balaban J connectivity index is 0.000000668. The molecule has 1 saturated heterocycles. The van der Waals surface area contributed by atoms with Crippen molar-refractivity contribution in [1.82, 2.24) is 14.8 Å². The Hall–Kier alpha value is -2.51. The number of nitriles is 1. The van der Waals surface area contributed by atoms with Gasteiger partial charge in [-0.25, -0.2) is 0 Å². The third-order valence-corrected chi connectivity index (χ3v) is 6.93. The molecule has 0 N–H and O–H groups in total. The van der Waals surface area contributed by atoms with Gasteiger partial charge in [0.25, 0.3) is 0 Å². The first kappa shape index (κ1) is 24.1. The predicted molar refractivity (Wildman–Crippen MR) is 135 cm³/mol. The summed E-state index contributed by atoms with van der Waals surface area (Å²) in [5, 5.41) is 11.1. The van der Waals surface area contributed by atoms with Crippen molar-refractivity contribution in [2.45, 2.75) is 52.9 Å². The first-order chi connectivity index (χ1) is 15.4. The fourth-order valence-electron chi connectivity index (χ4n) is 4.22. The normalized spacial score (nSPS) is 17.8. The zero-order chi connectivity index (χ0) is 23.3. The van der Waals surface area contributed by atoms with E-state index in [4.69, 9.17) is 16.6 Å². The number of halogens is 1. The van der Waals surface area contributed by atoms with Gasteiger partial charge in [-0.15, -0.1) is 0 Å². The van der Waals surface area contributed by atoms with Crippen LogP contribution in [0.1, 0.15) is 56.9 Å². The van der Waals surface area contributed by atoms with E-state index in [0.29, 0.717) is 6.42 Å². The number of hydrogen-bond acceptors (Lipinski definition) is 4. The molecule has 1 aromatic carbocycles. The number of benzene rings is 1. The maximum Gasteiger partial charge on any atom is 0.0727 e. The van der Waals surface area contributed by atoms with Crippen LogP contribution in [0.3, 0.4) is 0 Å². The molecule has 1 aliphatic carbocycles. The van der Waals surface area contributed by atoms with Crippen LogP contribution in [0.15, 0.2) is 37.1 Å². The van der Waals surface area contributed by atoms with E-state index in [-0.39, 0.29) is 5.92 Å². The highest BCUT2D eigenvalue weighted by molar-refractivity contribution is 6.36. The van der Waals surface area contributed by atoms with Crippen LogP contribution in [0.4, 0.5) is 0 Å². The second-order valence-corrected chi connectivity index (χ2v) is 9.19. The van der Waals surface area contributed by atoms with E-state index >= 15 is 0 Å². The minimum Gasteiger partial charge on any atom is -0.372 e. The molecule has 0 spiro atoms. The second-order valence-electron chi connectivity index (χ2n) is 8.81. The summed E-state index contributed by atoms with van der Waals surface area (Å²) in [4.78, 5) is 9.52. The summed E-state index contributed by atoms with van der Waals surface area (Å²) >= 11 is 6.71. The molecule has 2 heterocycles. The molecule has 5 heteroatoms. The zero-order valence-corrected chi connectivity index (χ0v) is 20.5. The molecule has 1 aliphatic heterocycles. The molecule has 1 fully saturated rings. The van der Waals surface area contributed by atoms with Crippen molar-refractivity contribution in [1.29, 1.82) is 5.26 Å². The quantitative estimate of drug-likeness (QED) is 0.537. The molecule has 0 saturated carbocycles. The van der Waals surface area contributed by atoms with Gasteiger partial charge in [0, 0.05) is 55.1 Å². The zero-order valence-electron chi connectivity index (χ0n) is 19.8. The minimum atomic E-state index is 0.0382. The molecule has 0 bridgehead atoms. The summed E-state index contributed by atoms with van der Waals surface area (Å²) in [5.41, 5.74) is 6.20. The molecule has 2 aliphatic rings. The van der Waals surface area contributed by atoms with Crippen LogP contribution >= 0.6 is 11.6 Å². The molecule has 1 unspecified atom stereocenters. The van der Waals surface area contributed by atoms with E-state index in [2.05, 4.69) is 68.0 Å². The fraction of sp³-hybridized carbons (Fsp3) is 0.481. The van der Waals surface area contributed by atoms with E-state index in [9.17, 15) is 5.26 Å². The lowest BCUT2D eigenvalue weighted by molar-refractivity contribution is 0.215. The maximum absolute atomic E-state index is 9.28. The van der Waals surface area contributed by atoms with Crippen LogP contribution < -0.4 is 0 Å². The monoisotopic (exact) mass is 450 g/mol. The third-order valence-electron chi connectivity index (χ3n) is 6.50. The van der Waals surface area contributed by atoms with Crippen molar-refractivity contribution in [3.8, 4) is 6.07 Å². The Morgan fingerprint density at radius 3 is 2.41 bits per heavy atom. The Bertz CT molecular complexity index is 1030. The van der Waals surface area contributed by atoms with Crippen LogP contribution in [-0.4, -0.2) is 41.0 Å². The van der Waals surface area contributed by atoms with Gasteiger partial charge in [-0.05, 0) is 37.0 Å². The average Bonchev–Trinajstić information content (AvgIpc) is 2.83. The summed E-state index contributed by atoms with van der Waals surface area (Å²) in [6.07, 6.45) is 5.02. The first-order valence-corrected chi connectivity index (χ1v) is 12.1. The molecule has 2 aromatic rings. The smallest absolute Gasteiger partial charge is 0.0727 e. The largest absolute Gasteiger partial charge is 0.372 e. The van der Waals surface area contributed by atoms with E-state index in [1.165, 1.54) is 12.8 Å². The van der Waals surface area contributed by atoms with Crippen LogP contribution in [0, 0.1) is 17.2 Å². The fourth-order valence-corrected chi connectivity index (χ4v) is 4.58. The lowest BCUT2D eigenvalue weighted by Crippen LogP contribution is -2.44. The Morgan fingerprint density at radius 2 is 1.81 bits per heavy atom. The summed E-state index contributed by atoms with van der Waals surface area (Å²) < 4.78 is 0. The number of unbranched alkanes of at least 4 members (excludes halogenated alkanes) is 1. The standard InChI is InChI=1S/C23H25ClN4.C4H10/c1-15(2)27-8-10-28(11-9-27)16(3)18-5-7-20-22(13-18)26-21-12-17(14-25)4-6-19(21)23(20)24;1-3-4-2/h5,7,13,17H,1,3-4,6,8-12H2,2H3;3-4H2,1-2H3. The summed E-state index contributed by atoms with van der Waals surface area (Å²) in [6.45, 7) is 18.6. The Labute approximate surface area is 198 Å². The van der Waals surface area contributed by atoms with Crippen molar-refractivity contribution in [2.24, 2.45) is 5.92 Å². The Morgan fingerprint density at radius 1 is 1.16 bits per heavy atom. The van der Waals surface area contributed by atoms with Crippen molar-refractivity contribution in [3.63, 3.8) is 0 Å². The molecule has 170 valence electrons. The van der Waals surface area contributed by atoms with Gasteiger partial charge in [0.2, 0.25) is 0 Å². The van der Waals surface area contributed by atoms with E-state index in [0.717, 1.165) is 83.2 Å². The van der Waals surface area contributed by atoms with Gasteiger partial charge < -0.3 is 9.80 Å². The first-order valence-electron chi connectivity index (χ1n) is 11.7. The van der Waals surface area contributed by atoms with Crippen molar-refractivity contribution < 1.29 is 0 Å². The predicted octanol–water partition coefficient (Wildman–Crippen LogP) is 6.44. The van der Waals surface area contributed by atoms with E-state index < -0.39 is 0 Å². The molecular weight excluding hydrogens is 416 g/mol. The topological polar surface area (TPSA) is 43.2 Å². The molecule has 0 amide bonds. The van der Waals surface area contributed by atoms with Crippen LogP contribution in [0.2, 0.25) is 5.02 Å². The second kappa shape index (κ2) is 10.9. The number of nitrogens with zero attached hydrogens (tertiary/aromatic N) is 4. The highest BCUT2D eigenvalue weighted by Crippen LogP contribution is 2.35. The number of rotatable bonds is 4. The highest BCUT2D eigenvalue weighted by Gasteiger charge is 2.24. The maximum atomic E-state index is 9.28. The SMILES string of the molecule is C=C(C)N1CCN(C(=C)c2ccc3c(Cl)c4c(nc3c2)CC(C#N)CC4)CC1.CCCC. The van der Waals surface area contributed by atoms with Gasteiger partial charge in [0.05, 0.1) is 22.5 Å². The van der Waals surface area contributed by atoms with Crippen molar-refractivity contribution in [2.75, 3.05) is 26.2 Å². The third kappa shape index (κ3) is 5.27. The molecule has 1 atom stereocenters. The summed E-state index contributed by atoms with van der Waals surface area (Å²) in [6, 6.07) is 8.63. The average molecular weight is 451 g/mol. The number of pyridine rings is 1. The minimum absolute atomic E-state index is 0.0382. The number of piperazine rings is 1. The van der Waals surface area contributed by atoms with Gasteiger partial charge in [-0.3, -0.25) is 4.98 Å². The van der Waals surface area contributed by atoms with Crippen LogP contribution in [-0.2, 0) is 12.8 Å². The number of hydrogen-bond donors (Lipinski definition) is 0. The van der Waals surface area contributed by atoms with Gasteiger partial charge in [0.1, 0.15) is 0 Å². The molecule has 32 heavy (non-hydrogen) atoms. The van der Waals surface area contributed by atoms with E-state index in [1.54, 1.807) is 0 Å². The lowest BCUT2D eigenvalue weighted by Gasteiger charge is -2.38. The molecule has 4 nitrogen and oxygen atoms in total. The highest BCUT2D eigenvalue weighted by atomic mass is 35.5. The molecule has 4 rings (SSSR count). The molecular formula is C27H35ClN4. The van der Waals surface area contributed by atoms with E-state index in [1.807, 2.05) is 0 Å².